The van der Waals surface area contributed by atoms with Crippen LogP contribution in [0.15, 0.2) is 24.4 Å². The highest BCUT2D eigenvalue weighted by Crippen LogP contribution is 2.52. The van der Waals surface area contributed by atoms with Crippen molar-refractivity contribution >= 4 is 17.2 Å². The third-order valence-electron chi connectivity index (χ3n) is 9.10. The minimum absolute atomic E-state index is 0.0670. The highest BCUT2D eigenvalue weighted by Gasteiger charge is 2.54. The van der Waals surface area contributed by atoms with E-state index in [1.54, 1.807) is 0 Å². The summed E-state index contributed by atoms with van der Waals surface area (Å²) in [6, 6.07) is 7.42. The second-order valence-electron chi connectivity index (χ2n) is 11.3. The lowest BCUT2D eigenvalue weighted by Gasteiger charge is -2.60. The van der Waals surface area contributed by atoms with Crippen LogP contribution in [-0.2, 0) is 11.3 Å². The normalized spacial score (nSPS) is 33.7. The van der Waals surface area contributed by atoms with Crippen molar-refractivity contribution in [2.75, 3.05) is 13.2 Å². The second-order valence-corrected chi connectivity index (χ2v) is 11.3. The van der Waals surface area contributed by atoms with E-state index in [9.17, 15) is 15.0 Å². The van der Waals surface area contributed by atoms with Crippen LogP contribution < -0.4 is 0 Å². The number of nitrogens with zero attached hydrogens (tertiary/aromatic N) is 2. The molecular formula is C27H36N2O3. The summed E-state index contributed by atoms with van der Waals surface area (Å²) < 4.78 is 2.17. The molecule has 1 aromatic carbocycles. The van der Waals surface area contributed by atoms with Crippen molar-refractivity contribution < 1.29 is 15.0 Å². The first-order valence-corrected chi connectivity index (χ1v) is 12.7. The number of piperidine rings is 2. The summed E-state index contributed by atoms with van der Waals surface area (Å²) in [4.78, 5) is 15.0. The molecule has 5 fully saturated rings. The minimum atomic E-state index is -0.452. The fourth-order valence-electron chi connectivity index (χ4n) is 7.54. The van der Waals surface area contributed by atoms with Gasteiger partial charge >= 0.3 is 0 Å². The van der Waals surface area contributed by atoms with Crippen LogP contribution in [0.2, 0.25) is 0 Å². The van der Waals surface area contributed by atoms with Crippen molar-refractivity contribution in [1.82, 2.24) is 9.47 Å². The molecule has 3 heterocycles. The van der Waals surface area contributed by atoms with E-state index in [0.717, 1.165) is 25.8 Å². The van der Waals surface area contributed by atoms with E-state index in [0.29, 0.717) is 30.5 Å². The van der Waals surface area contributed by atoms with Crippen LogP contribution in [0.25, 0.3) is 10.9 Å². The quantitative estimate of drug-likeness (QED) is 0.618. The van der Waals surface area contributed by atoms with Crippen molar-refractivity contribution in [2.24, 2.45) is 11.8 Å². The molecule has 2 aliphatic heterocycles. The van der Waals surface area contributed by atoms with Gasteiger partial charge in [0.15, 0.2) is 0 Å². The second kappa shape index (κ2) is 7.68. The zero-order chi connectivity index (χ0) is 22.0. The molecule has 4 unspecified atom stereocenters. The molecule has 2 saturated heterocycles. The van der Waals surface area contributed by atoms with Crippen LogP contribution in [0.4, 0.5) is 0 Å². The average Bonchev–Trinajstić information content (AvgIpc) is 3.54. The maximum absolute atomic E-state index is 12.4. The zero-order valence-corrected chi connectivity index (χ0v) is 19.1. The van der Waals surface area contributed by atoms with E-state index in [1.165, 1.54) is 54.0 Å². The Bertz CT molecular complexity index is 1010. The standard InChI is InChI=1S/C27H36N2O3/c1-17(20(16-31)14-29-21-9-18-10-22(29)13-27(32,11-18)12-21)24-15-28(7-8-30)25-4-2-3-23(26(24)25)19-5-6-19/h2-4,15-22,30,32H,5-14H2,1H3. The number of rotatable bonds is 8. The van der Waals surface area contributed by atoms with Gasteiger partial charge < -0.3 is 19.6 Å². The van der Waals surface area contributed by atoms with E-state index < -0.39 is 5.60 Å². The number of aliphatic hydroxyl groups excluding tert-OH is 1. The van der Waals surface area contributed by atoms with Crippen LogP contribution in [-0.4, -0.2) is 56.8 Å². The number of aliphatic hydroxyl groups is 2. The largest absolute Gasteiger partial charge is 0.395 e. The van der Waals surface area contributed by atoms with Crippen molar-refractivity contribution in [1.29, 1.82) is 0 Å². The maximum Gasteiger partial charge on any atom is 0.124 e. The van der Waals surface area contributed by atoms with Crippen LogP contribution in [0.1, 0.15) is 74.8 Å². The number of fused-ring (bicyclic) bond motifs is 1. The number of hydrogen-bond donors (Lipinski definition) is 2. The molecule has 4 bridgehead atoms. The van der Waals surface area contributed by atoms with Gasteiger partial charge in [-0.25, -0.2) is 0 Å². The lowest BCUT2D eigenvalue weighted by atomic mass is 9.61. The van der Waals surface area contributed by atoms with Crippen molar-refractivity contribution in [3.8, 4) is 0 Å². The maximum atomic E-state index is 12.4. The summed E-state index contributed by atoms with van der Waals surface area (Å²) in [6.07, 6.45) is 11.0. The molecule has 32 heavy (non-hydrogen) atoms. The molecule has 0 radical (unpaired) electrons. The molecule has 1 aromatic heterocycles. The monoisotopic (exact) mass is 436 g/mol. The highest BCUT2D eigenvalue weighted by molar-refractivity contribution is 5.89. The van der Waals surface area contributed by atoms with E-state index in [-0.39, 0.29) is 18.4 Å². The average molecular weight is 437 g/mol. The van der Waals surface area contributed by atoms with Gasteiger partial charge in [0.1, 0.15) is 6.29 Å². The fourth-order valence-corrected chi connectivity index (χ4v) is 7.54. The Balaban J connectivity index is 1.32. The molecule has 2 aromatic rings. The summed E-state index contributed by atoms with van der Waals surface area (Å²) >= 11 is 0. The highest BCUT2D eigenvalue weighted by atomic mass is 16.3. The molecule has 5 heteroatoms. The van der Waals surface area contributed by atoms with Gasteiger partial charge in [-0.2, -0.15) is 0 Å². The minimum Gasteiger partial charge on any atom is -0.395 e. The first-order valence-electron chi connectivity index (χ1n) is 12.7. The van der Waals surface area contributed by atoms with Gasteiger partial charge in [0.2, 0.25) is 0 Å². The Labute approximate surface area is 190 Å². The molecule has 172 valence electrons. The Kier molecular flexibility index (Phi) is 5.01. The Morgan fingerprint density at radius 1 is 1.19 bits per heavy atom. The summed E-state index contributed by atoms with van der Waals surface area (Å²) in [6.45, 7) is 3.70. The van der Waals surface area contributed by atoms with Crippen LogP contribution in [0.5, 0.6) is 0 Å². The molecule has 5 aliphatic rings. The molecular weight excluding hydrogens is 400 g/mol. The van der Waals surface area contributed by atoms with E-state index in [2.05, 4.69) is 40.8 Å². The van der Waals surface area contributed by atoms with Crippen LogP contribution in [0, 0.1) is 11.8 Å². The van der Waals surface area contributed by atoms with Gasteiger partial charge in [0.25, 0.3) is 0 Å². The lowest BCUT2D eigenvalue weighted by molar-refractivity contribution is -0.160. The molecule has 5 nitrogen and oxygen atoms in total. The smallest absolute Gasteiger partial charge is 0.124 e. The van der Waals surface area contributed by atoms with Gasteiger partial charge in [0.05, 0.1) is 12.2 Å². The summed E-state index contributed by atoms with van der Waals surface area (Å²) in [5.41, 5.74) is 3.42. The van der Waals surface area contributed by atoms with Crippen LogP contribution >= 0.6 is 0 Å². The Morgan fingerprint density at radius 3 is 2.56 bits per heavy atom. The summed E-state index contributed by atoms with van der Waals surface area (Å²) in [5, 5.41) is 21.9. The molecule has 0 amide bonds. The number of hydrogen-bond acceptors (Lipinski definition) is 4. The van der Waals surface area contributed by atoms with E-state index in [4.69, 9.17) is 0 Å². The molecule has 7 rings (SSSR count). The lowest BCUT2D eigenvalue weighted by Crippen LogP contribution is -2.65. The topological polar surface area (TPSA) is 65.7 Å². The number of aromatic nitrogens is 1. The van der Waals surface area contributed by atoms with E-state index in [1.807, 2.05) is 0 Å². The van der Waals surface area contributed by atoms with E-state index >= 15 is 0 Å². The van der Waals surface area contributed by atoms with Crippen LogP contribution in [0.3, 0.4) is 0 Å². The van der Waals surface area contributed by atoms with Gasteiger partial charge in [0, 0.05) is 48.2 Å². The summed E-state index contributed by atoms with van der Waals surface area (Å²) in [5.74, 6) is 1.36. The molecule has 3 aliphatic carbocycles. The molecule has 2 N–H and O–H groups in total. The SMILES string of the molecule is CC(c1cn(CCO)c2cccc(C3CC3)c12)C(C=O)CN1C2CC3CC1CC(O)(C3)C2. The predicted octanol–water partition coefficient (Wildman–Crippen LogP) is 3.81. The summed E-state index contributed by atoms with van der Waals surface area (Å²) in [7, 11) is 0. The number of benzene rings is 1. The molecule has 3 saturated carbocycles. The number of carbonyl (C=O) groups excluding carboxylic acids is 1. The molecule has 0 spiro atoms. The fraction of sp³-hybridized carbons (Fsp3) is 0.667. The number of aldehydes is 1. The van der Waals surface area contributed by atoms with Gasteiger partial charge in [-0.05, 0) is 79.9 Å². The van der Waals surface area contributed by atoms with Crippen molar-refractivity contribution in [3.63, 3.8) is 0 Å². The Hall–Kier alpha value is -1.69. The molecule has 4 atom stereocenters. The number of carbonyl (C=O) groups is 1. The van der Waals surface area contributed by atoms with Crippen molar-refractivity contribution in [2.45, 2.75) is 87.9 Å². The van der Waals surface area contributed by atoms with Gasteiger partial charge in [-0.3, -0.25) is 4.90 Å². The Morgan fingerprint density at radius 2 is 1.94 bits per heavy atom. The predicted molar refractivity (Wildman–Crippen MR) is 125 cm³/mol. The third-order valence-corrected chi connectivity index (χ3v) is 9.10. The van der Waals surface area contributed by atoms with Crippen molar-refractivity contribution in [3.05, 3.63) is 35.5 Å². The van der Waals surface area contributed by atoms with Gasteiger partial charge in [-0.1, -0.05) is 19.1 Å². The zero-order valence-electron chi connectivity index (χ0n) is 19.1. The third kappa shape index (κ3) is 3.36. The van der Waals surface area contributed by atoms with Gasteiger partial charge in [-0.15, -0.1) is 0 Å². The first-order chi connectivity index (χ1) is 15.5. The first kappa shape index (κ1) is 20.9.